The Bertz CT molecular complexity index is 2380. The van der Waals surface area contributed by atoms with Crippen LogP contribution in [0.15, 0.2) is 183 Å². The van der Waals surface area contributed by atoms with Gasteiger partial charge < -0.3 is 0 Å². The zero-order valence-electron chi connectivity index (χ0n) is 28.9. The molecule has 6 heterocycles. The van der Waals surface area contributed by atoms with Crippen molar-refractivity contribution >= 4 is 0 Å². The SMILES string of the molecule is c1ccc(-c2cc(-c3cccc(-c4ccc(-c5cccc(-c6cc(-c7ccccn7)nc(-c7cccnc7)n6)c5)cc4)c3)nc(-c3cccnc3)n2)nc1. The fourth-order valence-corrected chi connectivity index (χ4v) is 6.30. The Balaban J connectivity index is 1.04. The second-order valence-corrected chi connectivity index (χ2v) is 12.6. The molecule has 0 saturated heterocycles. The van der Waals surface area contributed by atoms with Crippen LogP contribution in [-0.2, 0) is 0 Å². The summed E-state index contributed by atoms with van der Waals surface area (Å²) in [7, 11) is 0. The van der Waals surface area contributed by atoms with Crippen LogP contribution in [0.25, 0.3) is 90.3 Å². The molecule has 0 atom stereocenters. The fraction of sp³-hybridized carbons (Fsp3) is 0. The van der Waals surface area contributed by atoms with Crippen LogP contribution in [0.4, 0.5) is 0 Å². The lowest BCUT2D eigenvalue weighted by molar-refractivity contribution is 1.15. The number of pyridine rings is 4. The van der Waals surface area contributed by atoms with Crippen LogP contribution in [0, 0.1) is 0 Å². The van der Waals surface area contributed by atoms with Gasteiger partial charge in [-0.1, -0.05) is 72.8 Å². The van der Waals surface area contributed by atoms with Crippen LogP contribution >= 0.6 is 0 Å². The molecule has 0 aliphatic heterocycles. The van der Waals surface area contributed by atoms with Crippen molar-refractivity contribution in [3.05, 3.63) is 183 Å². The van der Waals surface area contributed by atoms with E-state index in [-0.39, 0.29) is 0 Å². The third-order valence-corrected chi connectivity index (χ3v) is 9.01. The highest BCUT2D eigenvalue weighted by Gasteiger charge is 2.14. The summed E-state index contributed by atoms with van der Waals surface area (Å²) in [6, 6.07) is 48.8. The van der Waals surface area contributed by atoms with E-state index in [1.165, 1.54) is 0 Å². The van der Waals surface area contributed by atoms with Crippen LogP contribution < -0.4 is 0 Å². The van der Waals surface area contributed by atoms with E-state index in [0.717, 1.165) is 78.7 Å². The molecule has 0 spiro atoms. The molecule has 6 aromatic heterocycles. The van der Waals surface area contributed by atoms with Gasteiger partial charge in [-0.25, -0.2) is 19.9 Å². The number of nitrogens with zero attached hydrogens (tertiary/aromatic N) is 8. The lowest BCUT2D eigenvalue weighted by atomic mass is 9.97. The maximum Gasteiger partial charge on any atom is 0.162 e. The Morgan fingerprint density at radius 1 is 0.259 bits per heavy atom. The minimum Gasteiger partial charge on any atom is -0.264 e. The summed E-state index contributed by atoms with van der Waals surface area (Å²) in [5.74, 6) is 1.20. The topological polar surface area (TPSA) is 103 Å². The molecule has 0 fully saturated rings. The van der Waals surface area contributed by atoms with E-state index in [2.05, 4.69) is 92.7 Å². The summed E-state index contributed by atoms with van der Waals surface area (Å²) >= 11 is 0. The van der Waals surface area contributed by atoms with Gasteiger partial charge in [-0.05, 0) is 95.1 Å². The molecule has 254 valence electrons. The van der Waals surface area contributed by atoms with Crippen molar-refractivity contribution in [3.8, 4) is 90.3 Å². The quantitative estimate of drug-likeness (QED) is 0.155. The van der Waals surface area contributed by atoms with Crippen molar-refractivity contribution in [2.24, 2.45) is 0 Å². The predicted molar refractivity (Wildman–Crippen MR) is 212 cm³/mol. The first-order valence-electron chi connectivity index (χ1n) is 17.5. The van der Waals surface area contributed by atoms with Gasteiger partial charge in [-0.3, -0.25) is 19.9 Å². The minimum atomic E-state index is 0.599. The number of rotatable bonds is 8. The zero-order chi connectivity index (χ0) is 36.1. The number of aromatic nitrogens is 8. The van der Waals surface area contributed by atoms with Crippen LogP contribution in [0.5, 0.6) is 0 Å². The van der Waals surface area contributed by atoms with E-state index in [1.807, 2.05) is 72.8 Å². The molecule has 54 heavy (non-hydrogen) atoms. The highest BCUT2D eigenvalue weighted by molar-refractivity contribution is 5.78. The highest BCUT2D eigenvalue weighted by atomic mass is 14.9. The monoisotopic (exact) mass is 694 g/mol. The first-order valence-corrected chi connectivity index (χ1v) is 17.5. The predicted octanol–water partition coefficient (Wildman–Crippen LogP) is 10.2. The van der Waals surface area contributed by atoms with E-state index >= 15 is 0 Å². The second-order valence-electron chi connectivity index (χ2n) is 12.6. The number of benzene rings is 3. The van der Waals surface area contributed by atoms with Crippen molar-refractivity contribution in [2.75, 3.05) is 0 Å². The van der Waals surface area contributed by atoms with Crippen molar-refractivity contribution in [2.45, 2.75) is 0 Å². The summed E-state index contributed by atoms with van der Waals surface area (Å²) in [4.78, 5) is 37.3. The molecule has 0 saturated carbocycles. The smallest absolute Gasteiger partial charge is 0.162 e. The van der Waals surface area contributed by atoms with E-state index in [1.54, 1.807) is 37.2 Å². The molecule has 9 aromatic rings. The molecule has 0 bridgehead atoms. The van der Waals surface area contributed by atoms with Gasteiger partial charge in [0, 0.05) is 59.4 Å². The summed E-state index contributed by atoms with van der Waals surface area (Å²) in [5.41, 5.74) is 12.7. The van der Waals surface area contributed by atoms with E-state index in [9.17, 15) is 0 Å². The molecule has 0 amide bonds. The minimum absolute atomic E-state index is 0.599. The van der Waals surface area contributed by atoms with Crippen molar-refractivity contribution in [1.29, 1.82) is 0 Å². The second kappa shape index (κ2) is 14.6. The van der Waals surface area contributed by atoms with Crippen molar-refractivity contribution in [3.63, 3.8) is 0 Å². The molecule has 0 aliphatic rings. The van der Waals surface area contributed by atoms with Crippen molar-refractivity contribution in [1.82, 2.24) is 39.9 Å². The molecule has 0 aliphatic carbocycles. The normalized spacial score (nSPS) is 11.0. The first kappa shape index (κ1) is 32.3. The van der Waals surface area contributed by atoms with Gasteiger partial charge in [-0.2, -0.15) is 0 Å². The summed E-state index contributed by atoms with van der Waals surface area (Å²) in [6.45, 7) is 0. The van der Waals surface area contributed by atoms with E-state index in [4.69, 9.17) is 19.9 Å². The average molecular weight is 695 g/mol. The van der Waals surface area contributed by atoms with E-state index in [0.29, 0.717) is 11.6 Å². The Kier molecular flexibility index (Phi) is 8.73. The molecular weight excluding hydrogens is 665 g/mol. The molecule has 0 radical (unpaired) electrons. The Morgan fingerprint density at radius 3 is 1.09 bits per heavy atom. The molecule has 8 heteroatoms. The van der Waals surface area contributed by atoms with Gasteiger partial charge in [0.25, 0.3) is 0 Å². The van der Waals surface area contributed by atoms with Crippen LogP contribution in [0.2, 0.25) is 0 Å². The lowest BCUT2D eigenvalue weighted by Gasteiger charge is -2.11. The lowest BCUT2D eigenvalue weighted by Crippen LogP contribution is -1.97. The van der Waals surface area contributed by atoms with Gasteiger partial charge >= 0.3 is 0 Å². The summed E-state index contributed by atoms with van der Waals surface area (Å²) in [5, 5.41) is 0. The van der Waals surface area contributed by atoms with Gasteiger partial charge in [0.15, 0.2) is 11.6 Å². The third-order valence-electron chi connectivity index (χ3n) is 9.01. The van der Waals surface area contributed by atoms with Gasteiger partial charge in [-0.15, -0.1) is 0 Å². The summed E-state index contributed by atoms with van der Waals surface area (Å²) in [6.07, 6.45) is 10.6. The highest BCUT2D eigenvalue weighted by Crippen LogP contribution is 2.33. The maximum atomic E-state index is 4.97. The molecule has 0 N–H and O–H groups in total. The Labute approximate surface area is 312 Å². The third kappa shape index (κ3) is 6.87. The van der Waals surface area contributed by atoms with Crippen LogP contribution in [0.1, 0.15) is 0 Å². The average Bonchev–Trinajstić information content (AvgIpc) is 3.27. The molecule has 8 nitrogen and oxygen atoms in total. The van der Waals surface area contributed by atoms with Crippen LogP contribution in [0.3, 0.4) is 0 Å². The molecular formula is C46H30N8. The van der Waals surface area contributed by atoms with Crippen LogP contribution in [-0.4, -0.2) is 39.9 Å². The van der Waals surface area contributed by atoms with Gasteiger partial charge in [0.1, 0.15) is 0 Å². The van der Waals surface area contributed by atoms with E-state index < -0.39 is 0 Å². The molecule has 9 rings (SSSR count). The molecule has 3 aromatic carbocycles. The number of hydrogen-bond acceptors (Lipinski definition) is 8. The first-order chi connectivity index (χ1) is 26.7. The zero-order valence-corrected chi connectivity index (χ0v) is 28.9. The number of hydrogen-bond donors (Lipinski definition) is 0. The van der Waals surface area contributed by atoms with Crippen molar-refractivity contribution < 1.29 is 0 Å². The Morgan fingerprint density at radius 2 is 0.685 bits per heavy atom. The largest absolute Gasteiger partial charge is 0.264 e. The summed E-state index contributed by atoms with van der Waals surface area (Å²) < 4.78 is 0. The maximum absolute atomic E-state index is 4.97. The Hall–Kier alpha value is -7.58. The molecule has 0 unspecified atom stereocenters. The van der Waals surface area contributed by atoms with Gasteiger partial charge in [0.2, 0.25) is 0 Å². The standard InChI is InChI=1S/C46H30N8/c1-3-23-49-39(15-1)43-27-41(51-45(53-43)37-13-7-21-47-29-37)35-11-5-9-33(25-35)31-17-19-32(20-18-31)34-10-6-12-36(26-34)42-28-44(40-16-2-4-24-50-40)54-46(52-42)38-14-8-22-48-30-38/h1-30H. The van der Waals surface area contributed by atoms with Gasteiger partial charge in [0.05, 0.1) is 34.2 Å². The fourth-order valence-electron chi connectivity index (χ4n) is 6.30.